The highest BCUT2D eigenvalue weighted by atomic mass is 16.2. The van der Waals surface area contributed by atoms with Gasteiger partial charge in [0.05, 0.1) is 6.04 Å². The molecule has 5 nitrogen and oxygen atoms in total. The lowest BCUT2D eigenvalue weighted by atomic mass is 10.0. The van der Waals surface area contributed by atoms with Crippen molar-refractivity contribution in [1.82, 2.24) is 10.2 Å². The predicted octanol–water partition coefficient (Wildman–Crippen LogP) is 2.00. The standard InChI is InChI=1S/C17H23N3O2/c1-20-11-3-2-4-15(20)17(22)19-13-7-5-12(6-8-13)16(21)18-14-9-10-14/h5-8,14-15H,2-4,9-11H2,1H3,(H,18,21)(H,19,22). The molecule has 1 unspecified atom stereocenters. The summed E-state index contributed by atoms with van der Waals surface area (Å²) in [6.07, 6.45) is 5.32. The van der Waals surface area contributed by atoms with E-state index in [0.29, 0.717) is 11.6 Å². The molecule has 3 rings (SSSR count). The first-order chi connectivity index (χ1) is 10.6. The normalized spacial score (nSPS) is 22.1. The van der Waals surface area contributed by atoms with Gasteiger partial charge in [-0.25, -0.2) is 0 Å². The van der Waals surface area contributed by atoms with Crippen LogP contribution in [0.25, 0.3) is 0 Å². The maximum Gasteiger partial charge on any atom is 0.251 e. The van der Waals surface area contributed by atoms with Gasteiger partial charge < -0.3 is 10.6 Å². The van der Waals surface area contributed by atoms with Gasteiger partial charge in [0.25, 0.3) is 5.91 Å². The van der Waals surface area contributed by atoms with Crippen molar-refractivity contribution in [2.75, 3.05) is 18.9 Å². The summed E-state index contributed by atoms with van der Waals surface area (Å²) >= 11 is 0. The van der Waals surface area contributed by atoms with Gasteiger partial charge in [-0.05, 0) is 63.5 Å². The highest BCUT2D eigenvalue weighted by Crippen LogP contribution is 2.20. The van der Waals surface area contributed by atoms with E-state index in [1.165, 1.54) is 0 Å². The van der Waals surface area contributed by atoms with Crippen molar-refractivity contribution in [3.63, 3.8) is 0 Å². The third-order valence-corrected chi connectivity index (χ3v) is 4.40. The molecule has 22 heavy (non-hydrogen) atoms. The first kappa shape index (κ1) is 15.0. The Bertz CT molecular complexity index is 552. The van der Waals surface area contributed by atoms with Crippen LogP contribution in [0.4, 0.5) is 5.69 Å². The van der Waals surface area contributed by atoms with E-state index in [4.69, 9.17) is 0 Å². The van der Waals surface area contributed by atoms with Gasteiger partial charge in [0.2, 0.25) is 5.91 Å². The molecule has 2 fully saturated rings. The van der Waals surface area contributed by atoms with Gasteiger partial charge in [-0.3, -0.25) is 14.5 Å². The summed E-state index contributed by atoms with van der Waals surface area (Å²) in [6.45, 7) is 0.971. The number of likely N-dealkylation sites (tertiary alicyclic amines) is 1. The van der Waals surface area contributed by atoms with E-state index in [-0.39, 0.29) is 17.9 Å². The van der Waals surface area contributed by atoms with Gasteiger partial charge in [-0.2, -0.15) is 0 Å². The lowest BCUT2D eigenvalue weighted by Gasteiger charge is -2.31. The second-order valence-electron chi connectivity index (χ2n) is 6.31. The van der Waals surface area contributed by atoms with Crippen molar-refractivity contribution in [2.24, 2.45) is 0 Å². The number of hydrogen-bond acceptors (Lipinski definition) is 3. The maximum absolute atomic E-state index is 12.3. The first-order valence-corrected chi connectivity index (χ1v) is 8.05. The molecule has 1 aliphatic heterocycles. The molecule has 5 heteroatoms. The summed E-state index contributed by atoms with van der Waals surface area (Å²) in [4.78, 5) is 26.3. The predicted molar refractivity (Wildman–Crippen MR) is 85.8 cm³/mol. The van der Waals surface area contributed by atoms with Crippen LogP contribution < -0.4 is 10.6 Å². The van der Waals surface area contributed by atoms with Crippen LogP contribution in [0.3, 0.4) is 0 Å². The Morgan fingerprint density at radius 2 is 1.82 bits per heavy atom. The van der Waals surface area contributed by atoms with Crippen molar-refractivity contribution >= 4 is 17.5 Å². The second kappa shape index (κ2) is 6.48. The van der Waals surface area contributed by atoms with Crippen LogP contribution in [0.15, 0.2) is 24.3 Å². The number of anilines is 1. The van der Waals surface area contributed by atoms with Crippen molar-refractivity contribution in [2.45, 2.75) is 44.2 Å². The molecule has 0 aromatic heterocycles. The van der Waals surface area contributed by atoms with Crippen molar-refractivity contribution < 1.29 is 9.59 Å². The highest BCUT2D eigenvalue weighted by Gasteiger charge is 2.26. The van der Waals surface area contributed by atoms with E-state index < -0.39 is 0 Å². The summed E-state index contributed by atoms with van der Waals surface area (Å²) in [6, 6.07) is 7.42. The summed E-state index contributed by atoms with van der Waals surface area (Å²) in [5, 5.41) is 5.90. The van der Waals surface area contributed by atoms with Crippen LogP contribution in [0.2, 0.25) is 0 Å². The lowest BCUT2D eigenvalue weighted by molar-refractivity contribution is -0.121. The van der Waals surface area contributed by atoms with E-state index in [9.17, 15) is 9.59 Å². The molecule has 2 N–H and O–H groups in total. The second-order valence-corrected chi connectivity index (χ2v) is 6.31. The van der Waals surface area contributed by atoms with Crippen molar-refractivity contribution in [1.29, 1.82) is 0 Å². The van der Waals surface area contributed by atoms with Gasteiger partial charge in [-0.1, -0.05) is 6.42 Å². The van der Waals surface area contributed by atoms with Gasteiger partial charge in [0.15, 0.2) is 0 Å². The lowest BCUT2D eigenvalue weighted by Crippen LogP contribution is -2.44. The Morgan fingerprint density at radius 3 is 2.45 bits per heavy atom. The molecule has 0 spiro atoms. The highest BCUT2D eigenvalue weighted by molar-refractivity contribution is 5.97. The molecule has 1 atom stereocenters. The number of nitrogens with one attached hydrogen (secondary N) is 2. The number of rotatable bonds is 4. The number of hydrogen-bond donors (Lipinski definition) is 2. The average Bonchev–Trinajstić information content (AvgIpc) is 3.32. The Morgan fingerprint density at radius 1 is 1.09 bits per heavy atom. The van der Waals surface area contributed by atoms with Gasteiger partial charge >= 0.3 is 0 Å². The van der Waals surface area contributed by atoms with Gasteiger partial charge in [0, 0.05) is 17.3 Å². The Labute approximate surface area is 131 Å². The number of benzene rings is 1. The number of piperidine rings is 1. The quantitative estimate of drug-likeness (QED) is 0.894. The average molecular weight is 301 g/mol. The van der Waals surface area contributed by atoms with Gasteiger partial charge in [-0.15, -0.1) is 0 Å². The third-order valence-electron chi connectivity index (χ3n) is 4.40. The van der Waals surface area contributed by atoms with Crippen LogP contribution in [0, 0.1) is 0 Å². The topological polar surface area (TPSA) is 61.4 Å². The number of amides is 2. The molecule has 1 saturated heterocycles. The van der Waals surface area contributed by atoms with E-state index >= 15 is 0 Å². The summed E-state index contributed by atoms with van der Waals surface area (Å²) in [7, 11) is 1.99. The van der Waals surface area contributed by atoms with E-state index in [0.717, 1.165) is 44.3 Å². The molecule has 1 aliphatic carbocycles. The Hall–Kier alpha value is -1.88. The number of carbonyl (C=O) groups is 2. The van der Waals surface area contributed by atoms with Crippen LogP contribution in [0.5, 0.6) is 0 Å². The van der Waals surface area contributed by atoms with E-state index in [2.05, 4.69) is 15.5 Å². The molecular formula is C17H23N3O2. The van der Waals surface area contributed by atoms with E-state index in [1.54, 1.807) is 24.3 Å². The van der Waals surface area contributed by atoms with Crippen LogP contribution in [-0.2, 0) is 4.79 Å². The van der Waals surface area contributed by atoms with Crippen LogP contribution >= 0.6 is 0 Å². The number of nitrogens with zero attached hydrogens (tertiary/aromatic N) is 1. The zero-order chi connectivity index (χ0) is 15.5. The number of carbonyl (C=O) groups excluding carboxylic acids is 2. The molecule has 1 aromatic carbocycles. The molecule has 0 radical (unpaired) electrons. The van der Waals surface area contributed by atoms with E-state index in [1.807, 2.05) is 7.05 Å². The smallest absolute Gasteiger partial charge is 0.251 e. The summed E-state index contributed by atoms with van der Waals surface area (Å²) in [5.74, 6) is 0.00442. The SMILES string of the molecule is CN1CCCCC1C(=O)Nc1ccc(C(=O)NC2CC2)cc1. The first-order valence-electron chi connectivity index (χ1n) is 8.05. The van der Waals surface area contributed by atoms with Crippen LogP contribution in [-0.4, -0.2) is 42.4 Å². The monoisotopic (exact) mass is 301 g/mol. The molecule has 118 valence electrons. The summed E-state index contributed by atoms with van der Waals surface area (Å²) in [5.41, 5.74) is 1.38. The zero-order valence-corrected chi connectivity index (χ0v) is 13.0. The molecule has 1 saturated carbocycles. The third kappa shape index (κ3) is 3.65. The summed E-state index contributed by atoms with van der Waals surface area (Å²) < 4.78 is 0. The molecule has 1 heterocycles. The zero-order valence-electron chi connectivity index (χ0n) is 13.0. The van der Waals surface area contributed by atoms with Crippen LogP contribution in [0.1, 0.15) is 42.5 Å². The molecule has 1 aromatic rings. The fraction of sp³-hybridized carbons (Fsp3) is 0.529. The fourth-order valence-corrected chi connectivity index (χ4v) is 2.83. The minimum atomic E-state index is -0.0495. The maximum atomic E-state index is 12.3. The molecule has 2 aliphatic rings. The Balaban J connectivity index is 1.57. The molecular weight excluding hydrogens is 278 g/mol. The Kier molecular flexibility index (Phi) is 4.43. The van der Waals surface area contributed by atoms with Crippen molar-refractivity contribution in [3.8, 4) is 0 Å². The molecule has 0 bridgehead atoms. The minimum absolute atomic E-state index is 0.0348. The van der Waals surface area contributed by atoms with Gasteiger partial charge in [0.1, 0.15) is 0 Å². The largest absolute Gasteiger partial charge is 0.349 e. The minimum Gasteiger partial charge on any atom is -0.349 e. The number of likely N-dealkylation sites (N-methyl/N-ethyl adjacent to an activating group) is 1. The molecule has 2 amide bonds. The fourth-order valence-electron chi connectivity index (χ4n) is 2.83. The van der Waals surface area contributed by atoms with Crippen molar-refractivity contribution in [3.05, 3.63) is 29.8 Å².